The van der Waals surface area contributed by atoms with Crippen molar-refractivity contribution in [2.75, 3.05) is 0 Å². The lowest BCUT2D eigenvalue weighted by molar-refractivity contribution is 0.0787. The largest absolute Gasteiger partial charge is 0.386 e. The smallest absolute Gasteiger partial charge is 0.140 e. The number of aromatic nitrogens is 3. The first-order valence-corrected chi connectivity index (χ1v) is 6.17. The van der Waals surface area contributed by atoms with Gasteiger partial charge in [0.25, 0.3) is 0 Å². The van der Waals surface area contributed by atoms with Gasteiger partial charge >= 0.3 is 0 Å². The molecular formula is C15H15N3O. The van der Waals surface area contributed by atoms with Crippen molar-refractivity contribution in [3.05, 3.63) is 48.3 Å². The van der Waals surface area contributed by atoms with Gasteiger partial charge < -0.3 is 10.1 Å². The summed E-state index contributed by atoms with van der Waals surface area (Å²) in [7, 11) is 0. The van der Waals surface area contributed by atoms with E-state index in [1.54, 1.807) is 26.2 Å². The Morgan fingerprint density at radius 3 is 2.74 bits per heavy atom. The second-order valence-electron chi connectivity index (χ2n) is 5.12. The van der Waals surface area contributed by atoms with Crippen molar-refractivity contribution in [1.29, 1.82) is 0 Å². The van der Waals surface area contributed by atoms with E-state index in [1.165, 1.54) is 0 Å². The summed E-state index contributed by atoms with van der Waals surface area (Å²) in [6.07, 6.45) is 3.51. The number of nitrogens with zero attached hydrogens (tertiary/aromatic N) is 2. The average Bonchev–Trinajstić information content (AvgIpc) is 2.81. The van der Waals surface area contributed by atoms with Gasteiger partial charge in [-0.15, -0.1) is 0 Å². The minimum Gasteiger partial charge on any atom is -0.386 e. The molecule has 0 amide bonds. The highest BCUT2D eigenvalue weighted by Crippen LogP contribution is 2.25. The number of fused-ring (bicyclic) bond motifs is 1. The minimum absolute atomic E-state index is 0.788. The van der Waals surface area contributed by atoms with E-state index in [0.717, 1.165) is 28.0 Å². The maximum absolute atomic E-state index is 10.0. The Kier molecular flexibility index (Phi) is 2.61. The number of benzene rings is 1. The van der Waals surface area contributed by atoms with Gasteiger partial charge in [-0.05, 0) is 43.7 Å². The van der Waals surface area contributed by atoms with E-state index in [4.69, 9.17) is 0 Å². The summed E-state index contributed by atoms with van der Waals surface area (Å²) in [6, 6.07) is 9.59. The fraction of sp³-hybridized carbons (Fsp3) is 0.200. The molecule has 0 fully saturated rings. The van der Waals surface area contributed by atoms with Gasteiger partial charge in [0.1, 0.15) is 5.82 Å². The number of aliphatic hydroxyl groups is 1. The zero-order valence-corrected chi connectivity index (χ0v) is 10.9. The molecule has 0 bridgehead atoms. The molecule has 0 unspecified atom stereocenters. The van der Waals surface area contributed by atoms with E-state index in [0.29, 0.717) is 0 Å². The molecule has 96 valence electrons. The molecule has 0 spiro atoms. The average molecular weight is 253 g/mol. The lowest BCUT2D eigenvalue weighted by atomic mass is 9.98. The number of hydrogen-bond donors (Lipinski definition) is 2. The summed E-state index contributed by atoms with van der Waals surface area (Å²) in [5.41, 5.74) is 2.75. The third-order valence-electron chi connectivity index (χ3n) is 3.12. The van der Waals surface area contributed by atoms with Crippen LogP contribution in [-0.4, -0.2) is 20.1 Å². The van der Waals surface area contributed by atoms with Gasteiger partial charge in [0.05, 0.1) is 16.6 Å². The first-order chi connectivity index (χ1) is 9.04. The molecule has 0 atom stereocenters. The van der Waals surface area contributed by atoms with Gasteiger partial charge in [0, 0.05) is 18.0 Å². The molecule has 3 aromatic rings. The second kappa shape index (κ2) is 4.17. The number of rotatable bonds is 2. The topological polar surface area (TPSA) is 61.8 Å². The molecule has 0 saturated heterocycles. The zero-order chi connectivity index (χ0) is 13.5. The standard InChI is InChI=1S/C15H15N3O/c1-15(2,19)11-5-6-12-13(8-11)18-14(17-12)10-4-3-7-16-9-10/h3-9,19H,1-2H3,(H,17,18). The molecular weight excluding hydrogens is 238 g/mol. The van der Waals surface area contributed by atoms with Crippen LogP contribution in [0.2, 0.25) is 0 Å². The first kappa shape index (κ1) is 11.9. The van der Waals surface area contributed by atoms with Crippen molar-refractivity contribution in [3.63, 3.8) is 0 Å². The molecule has 19 heavy (non-hydrogen) atoms. The molecule has 0 saturated carbocycles. The lowest BCUT2D eigenvalue weighted by Crippen LogP contribution is -2.14. The first-order valence-electron chi connectivity index (χ1n) is 6.17. The normalized spacial score (nSPS) is 11.9. The molecule has 2 aromatic heterocycles. The van der Waals surface area contributed by atoms with Crippen LogP contribution in [0.15, 0.2) is 42.7 Å². The maximum Gasteiger partial charge on any atom is 0.140 e. The molecule has 3 rings (SSSR count). The van der Waals surface area contributed by atoms with Crippen molar-refractivity contribution in [1.82, 2.24) is 15.0 Å². The Bertz CT molecular complexity index is 711. The van der Waals surface area contributed by atoms with Gasteiger partial charge in [-0.25, -0.2) is 4.98 Å². The maximum atomic E-state index is 10.0. The van der Waals surface area contributed by atoms with E-state index in [-0.39, 0.29) is 0 Å². The summed E-state index contributed by atoms with van der Waals surface area (Å²) < 4.78 is 0. The number of H-pyrrole nitrogens is 1. The molecule has 1 aromatic carbocycles. The highest BCUT2D eigenvalue weighted by atomic mass is 16.3. The van der Waals surface area contributed by atoms with Crippen LogP contribution in [-0.2, 0) is 5.60 Å². The lowest BCUT2D eigenvalue weighted by Gasteiger charge is -2.17. The Balaban J connectivity index is 2.12. The molecule has 4 heteroatoms. The molecule has 0 aliphatic rings. The van der Waals surface area contributed by atoms with Crippen LogP contribution in [0.4, 0.5) is 0 Å². The highest BCUT2D eigenvalue weighted by Gasteiger charge is 2.17. The zero-order valence-electron chi connectivity index (χ0n) is 10.9. The quantitative estimate of drug-likeness (QED) is 0.738. The van der Waals surface area contributed by atoms with Crippen molar-refractivity contribution in [2.24, 2.45) is 0 Å². The Hall–Kier alpha value is -2.20. The van der Waals surface area contributed by atoms with E-state index < -0.39 is 5.60 Å². The Labute approximate surface area is 111 Å². The predicted octanol–water partition coefficient (Wildman–Crippen LogP) is 2.85. The van der Waals surface area contributed by atoms with Crippen LogP contribution < -0.4 is 0 Å². The van der Waals surface area contributed by atoms with E-state index in [1.807, 2.05) is 30.3 Å². The van der Waals surface area contributed by atoms with E-state index in [2.05, 4.69) is 15.0 Å². The van der Waals surface area contributed by atoms with Crippen LogP contribution in [0.5, 0.6) is 0 Å². The fourth-order valence-electron chi connectivity index (χ4n) is 2.03. The van der Waals surface area contributed by atoms with E-state index >= 15 is 0 Å². The fourth-order valence-corrected chi connectivity index (χ4v) is 2.03. The number of imidazole rings is 1. The number of hydrogen-bond acceptors (Lipinski definition) is 3. The van der Waals surface area contributed by atoms with Crippen LogP contribution in [0.25, 0.3) is 22.4 Å². The van der Waals surface area contributed by atoms with Crippen molar-refractivity contribution < 1.29 is 5.11 Å². The molecule has 4 nitrogen and oxygen atoms in total. The second-order valence-corrected chi connectivity index (χ2v) is 5.12. The summed E-state index contributed by atoms with van der Waals surface area (Å²) in [4.78, 5) is 11.9. The van der Waals surface area contributed by atoms with Crippen LogP contribution in [0, 0.1) is 0 Å². The summed E-state index contributed by atoms with van der Waals surface area (Å²) in [5.74, 6) is 0.788. The van der Waals surface area contributed by atoms with Gasteiger partial charge in [-0.3, -0.25) is 4.98 Å². The van der Waals surface area contributed by atoms with Crippen molar-refractivity contribution in [2.45, 2.75) is 19.4 Å². The summed E-state index contributed by atoms with van der Waals surface area (Å²) >= 11 is 0. The Morgan fingerprint density at radius 1 is 1.21 bits per heavy atom. The van der Waals surface area contributed by atoms with Crippen LogP contribution in [0.1, 0.15) is 19.4 Å². The van der Waals surface area contributed by atoms with Crippen molar-refractivity contribution >= 4 is 11.0 Å². The van der Waals surface area contributed by atoms with Crippen LogP contribution in [0.3, 0.4) is 0 Å². The molecule has 2 heterocycles. The third kappa shape index (κ3) is 2.22. The minimum atomic E-state index is -0.853. The SMILES string of the molecule is CC(C)(O)c1ccc2nc(-c3cccnc3)[nH]c2c1. The summed E-state index contributed by atoms with van der Waals surface area (Å²) in [6.45, 7) is 3.54. The molecule has 0 aliphatic heterocycles. The van der Waals surface area contributed by atoms with Gasteiger partial charge in [0.15, 0.2) is 0 Å². The van der Waals surface area contributed by atoms with E-state index in [9.17, 15) is 5.11 Å². The van der Waals surface area contributed by atoms with Crippen LogP contribution >= 0.6 is 0 Å². The molecule has 2 N–H and O–H groups in total. The molecule has 0 aliphatic carbocycles. The summed E-state index contributed by atoms with van der Waals surface area (Å²) in [5, 5.41) is 10.0. The molecule has 0 radical (unpaired) electrons. The van der Waals surface area contributed by atoms with Gasteiger partial charge in [0.2, 0.25) is 0 Å². The van der Waals surface area contributed by atoms with Crippen molar-refractivity contribution in [3.8, 4) is 11.4 Å². The number of aromatic amines is 1. The predicted molar refractivity (Wildman–Crippen MR) is 74.6 cm³/mol. The van der Waals surface area contributed by atoms with Gasteiger partial charge in [-0.1, -0.05) is 6.07 Å². The van der Waals surface area contributed by atoms with Gasteiger partial charge in [-0.2, -0.15) is 0 Å². The Morgan fingerprint density at radius 2 is 2.05 bits per heavy atom. The highest BCUT2D eigenvalue weighted by molar-refractivity contribution is 5.80. The third-order valence-corrected chi connectivity index (χ3v) is 3.12. The number of nitrogens with one attached hydrogen (secondary N) is 1. The monoisotopic (exact) mass is 253 g/mol. The number of pyridine rings is 1.